The molecule has 0 aromatic heterocycles. The summed E-state index contributed by atoms with van der Waals surface area (Å²) in [5, 5.41) is 0. The van der Waals surface area contributed by atoms with Gasteiger partial charge < -0.3 is 18.9 Å². The van der Waals surface area contributed by atoms with Gasteiger partial charge in [-0.15, -0.1) is 0 Å². The standard InChI is InChI=1S/C11H20O6S/c1-11(2)16-9-7(14-3)5-18(12,13)6-8(15-4)10(9)17-11/h7-10H,5-6H2,1-4H3/t7-,8-,9-,10-/m1/s1. The van der Waals surface area contributed by atoms with E-state index >= 15 is 0 Å². The molecule has 0 aromatic rings. The molecule has 6 nitrogen and oxygen atoms in total. The minimum Gasteiger partial charge on any atom is -0.378 e. The summed E-state index contributed by atoms with van der Waals surface area (Å²) in [4.78, 5) is 0. The molecule has 0 spiro atoms. The van der Waals surface area contributed by atoms with E-state index in [1.54, 1.807) is 13.8 Å². The third kappa shape index (κ3) is 2.70. The fourth-order valence-electron chi connectivity index (χ4n) is 2.55. The zero-order valence-corrected chi connectivity index (χ0v) is 11.9. The van der Waals surface area contributed by atoms with E-state index in [2.05, 4.69) is 0 Å². The van der Waals surface area contributed by atoms with E-state index in [0.717, 1.165) is 0 Å². The molecule has 0 bridgehead atoms. The zero-order chi connectivity index (χ0) is 13.6. The van der Waals surface area contributed by atoms with Crippen LogP contribution in [0.15, 0.2) is 0 Å². The largest absolute Gasteiger partial charge is 0.378 e. The molecular formula is C11H20O6S. The lowest BCUT2D eigenvalue weighted by molar-refractivity contribution is -0.161. The molecule has 2 fully saturated rings. The highest BCUT2D eigenvalue weighted by Gasteiger charge is 2.52. The Hall–Kier alpha value is -0.210. The van der Waals surface area contributed by atoms with E-state index in [0.29, 0.717) is 0 Å². The van der Waals surface area contributed by atoms with Gasteiger partial charge >= 0.3 is 0 Å². The molecule has 0 aliphatic carbocycles. The van der Waals surface area contributed by atoms with Crippen molar-refractivity contribution < 1.29 is 27.4 Å². The molecule has 18 heavy (non-hydrogen) atoms. The van der Waals surface area contributed by atoms with E-state index in [-0.39, 0.29) is 11.5 Å². The predicted molar refractivity (Wildman–Crippen MR) is 64.1 cm³/mol. The summed E-state index contributed by atoms with van der Waals surface area (Å²) in [5.74, 6) is -0.877. The first-order valence-corrected chi connectivity index (χ1v) is 7.72. The molecule has 106 valence electrons. The van der Waals surface area contributed by atoms with Crippen LogP contribution >= 0.6 is 0 Å². The molecule has 0 radical (unpaired) electrons. The van der Waals surface area contributed by atoms with Crippen molar-refractivity contribution in [2.45, 2.75) is 44.1 Å². The molecule has 2 aliphatic heterocycles. The van der Waals surface area contributed by atoms with Gasteiger partial charge in [0.15, 0.2) is 15.6 Å². The van der Waals surface area contributed by atoms with Crippen LogP contribution in [0.1, 0.15) is 13.8 Å². The fourth-order valence-corrected chi connectivity index (χ4v) is 4.34. The molecule has 0 amide bonds. The lowest BCUT2D eigenvalue weighted by atomic mass is 10.1. The summed E-state index contributed by atoms with van der Waals surface area (Å²) in [6, 6.07) is 0. The number of hydrogen-bond acceptors (Lipinski definition) is 6. The van der Waals surface area contributed by atoms with Crippen molar-refractivity contribution in [2.24, 2.45) is 0 Å². The van der Waals surface area contributed by atoms with Crippen LogP contribution < -0.4 is 0 Å². The van der Waals surface area contributed by atoms with E-state index in [1.165, 1.54) is 14.2 Å². The van der Waals surface area contributed by atoms with Gasteiger partial charge in [0.2, 0.25) is 0 Å². The van der Waals surface area contributed by atoms with Crippen LogP contribution in [0, 0.1) is 0 Å². The van der Waals surface area contributed by atoms with Crippen LogP contribution in [-0.2, 0) is 28.8 Å². The van der Waals surface area contributed by atoms with Crippen LogP contribution in [0.3, 0.4) is 0 Å². The molecule has 2 rings (SSSR count). The fraction of sp³-hybridized carbons (Fsp3) is 1.00. The molecule has 4 atom stereocenters. The summed E-state index contributed by atoms with van der Waals surface area (Å²) in [7, 11) is -0.261. The Morgan fingerprint density at radius 1 is 1.00 bits per heavy atom. The molecule has 0 N–H and O–H groups in total. The maximum absolute atomic E-state index is 11.9. The number of rotatable bonds is 2. The van der Waals surface area contributed by atoms with Crippen molar-refractivity contribution >= 4 is 9.84 Å². The lowest BCUT2D eigenvalue weighted by Crippen LogP contribution is -2.43. The van der Waals surface area contributed by atoms with Crippen molar-refractivity contribution in [2.75, 3.05) is 25.7 Å². The van der Waals surface area contributed by atoms with Crippen LogP contribution in [0.2, 0.25) is 0 Å². The molecular weight excluding hydrogens is 260 g/mol. The smallest absolute Gasteiger partial charge is 0.164 e. The van der Waals surface area contributed by atoms with Crippen LogP contribution in [-0.4, -0.2) is 64.3 Å². The Balaban J connectivity index is 2.33. The Morgan fingerprint density at radius 2 is 1.39 bits per heavy atom. The topological polar surface area (TPSA) is 71.1 Å². The van der Waals surface area contributed by atoms with Gasteiger partial charge in [0.25, 0.3) is 0 Å². The Morgan fingerprint density at radius 3 is 1.72 bits per heavy atom. The van der Waals surface area contributed by atoms with E-state index < -0.39 is 40.0 Å². The van der Waals surface area contributed by atoms with E-state index in [1.807, 2.05) is 0 Å². The average molecular weight is 280 g/mol. The quantitative estimate of drug-likeness (QED) is 0.707. The summed E-state index contributed by atoms with van der Waals surface area (Å²) in [5.41, 5.74) is 0. The normalized spacial score (nSPS) is 42.2. The third-order valence-electron chi connectivity index (χ3n) is 3.34. The molecule has 2 aliphatic rings. The minimum atomic E-state index is -3.23. The van der Waals surface area contributed by atoms with Gasteiger partial charge in [-0.1, -0.05) is 0 Å². The molecule has 0 saturated carbocycles. The van der Waals surface area contributed by atoms with Crippen molar-refractivity contribution in [3.8, 4) is 0 Å². The molecule has 7 heteroatoms. The molecule has 0 unspecified atom stereocenters. The average Bonchev–Trinajstić information content (AvgIpc) is 2.54. The minimum absolute atomic E-state index is 0.0655. The third-order valence-corrected chi connectivity index (χ3v) is 5.01. The van der Waals surface area contributed by atoms with Gasteiger partial charge in [-0.25, -0.2) is 8.42 Å². The summed E-state index contributed by atoms with van der Waals surface area (Å²) < 4.78 is 45.9. The van der Waals surface area contributed by atoms with Crippen molar-refractivity contribution in [1.29, 1.82) is 0 Å². The highest BCUT2D eigenvalue weighted by atomic mass is 32.2. The Kier molecular flexibility index (Phi) is 3.72. The number of methoxy groups -OCH3 is 2. The van der Waals surface area contributed by atoms with Crippen molar-refractivity contribution in [3.05, 3.63) is 0 Å². The first-order chi connectivity index (χ1) is 8.28. The Labute approximate surface area is 107 Å². The van der Waals surface area contributed by atoms with Crippen molar-refractivity contribution in [3.63, 3.8) is 0 Å². The monoisotopic (exact) mass is 280 g/mol. The number of fused-ring (bicyclic) bond motifs is 1. The predicted octanol–water partition coefficient (Wildman–Crippen LogP) is -0.0351. The maximum Gasteiger partial charge on any atom is 0.164 e. The number of sulfone groups is 1. The van der Waals surface area contributed by atoms with Crippen LogP contribution in [0.25, 0.3) is 0 Å². The van der Waals surface area contributed by atoms with Gasteiger partial charge in [0, 0.05) is 14.2 Å². The van der Waals surface area contributed by atoms with Gasteiger partial charge in [-0.3, -0.25) is 0 Å². The summed E-state index contributed by atoms with van der Waals surface area (Å²) in [6.07, 6.45) is -1.90. The summed E-state index contributed by atoms with van der Waals surface area (Å²) in [6.45, 7) is 3.60. The molecule has 0 aromatic carbocycles. The van der Waals surface area contributed by atoms with Gasteiger partial charge in [-0.2, -0.15) is 0 Å². The van der Waals surface area contributed by atoms with Crippen LogP contribution in [0.4, 0.5) is 0 Å². The Bertz CT molecular complexity index is 374. The second-order valence-electron chi connectivity index (χ2n) is 5.19. The van der Waals surface area contributed by atoms with Crippen LogP contribution in [0.5, 0.6) is 0 Å². The lowest BCUT2D eigenvalue weighted by Gasteiger charge is -2.24. The second-order valence-corrected chi connectivity index (χ2v) is 7.34. The molecule has 2 saturated heterocycles. The van der Waals surface area contributed by atoms with Crippen molar-refractivity contribution in [1.82, 2.24) is 0 Å². The van der Waals surface area contributed by atoms with Gasteiger partial charge in [0.05, 0.1) is 23.7 Å². The molecule has 2 heterocycles. The highest BCUT2D eigenvalue weighted by molar-refractivity contribution is 7.91. The first kappa shape index (κ1) is 14.2. The number of hydrogen-bond donors (Lipinski definition) is 0. The first-order valence-electron chi connectivity index (χ1n) is 5.89. The van der Waals surface area contributed by atoms with Gasteiger partial charge in [0.1, 0.15) is 12.2 Å². The van der Waals surface area contributed by atoms with Gasteiger partial charge in [-0.05, 0) is 13.8 Å². The second kappa shape index (κ2) is 4.72. The zero-order valence-electron chi connectivity index (χ0n) is 11.1. The summed E-state index contributed by atoms with van der Waals surface area (Å²) >= 11 is 0. The maximum atomic E-state index is 11.9. The van der Waals surface area contributed by atoms with E-state index in [4.69, 9.17) is 18.9 Å². The van der Waals surface area contributed by atoms with E-state index in [9.17, 15) is 8.42 Å². The SMILES string of the molecule is CO[C@@H]1CS(=O)(=O)C[C@@H](OC)[C@H]2OC(C)(C)O[C@@H]21. The highest BCUT2D eigenvalue weighted by Crippen LogP contribution is 2.35. The number of ether oxygens (including phenoxy) is 4.